The van der Waals surface area contributed by atoms with E-state index in [0.29, 0.717) is 23.9 Å². The molecule has 0 aliphatic heterocycles. The first-order valence-corrected chi connectivity index (χ1v) is 7.64. The topological polar surface area (TPSA) is 95.8 Å². The zero-order valence-corrected chi connectivity index (χ0v) is 13.1. The highest BCUT2D eigenvalue weighted by molar-refractivity contribution is 6.30. The van der Waals surface area contributed by atoms with E-state index in [1.807, 2.05) is 0 Å². The van der Waals surface area contributed by atoms with Gasteiger partial charge in [0.2, 0.25) is 5.95 Å². The monoisotopic (exact) mass is 343 g/mol. The van der Waals surface area contributed by atoms with Gasteiger partial charge in [0.05, 0.1) is 29.6 Å². The van der Waals surface area contributed by atoms with Gasteiger partial charge in [0, 0.05) is 12.7 Å². The van der Waals surface area contributed by atoms with E-state index in [0.717, 1.165) is 6.42 Å². The summed E-state index contributed by atoms with van der Waals surface area (Å²) in [4.78, 5) is 18.0. The number of anilines is 1. The van der Waals surface area contributed by atoms with Gasteiger partial charge in [-0.25, -0.2) is 4.98 Å². The number of rotatable bonds is 4. The molecule has 1 unspecified atom stereocenters. The Balaban J connectivity index is 1.63. The summed E-state index contributed by atoms with van der Waals surface area (Å²) in [5.74, 6) is 0.573. The molecule has 7 nitrogen and oxygen atoms in total. The summed E-state index contributed by atoms with van der Waals surface area (Å²) in [6.45, 7) is 0.687. The molecule has 0 aromatic carbocycles. The Kier molecular flexibility index (Phi) is 4.37. The van der Waals surface area contributed by atoms with E-state index in [1.54, 1.807) is 17.1 Å². The lowest BCUT2D eigenvalue weighted by Crippen LogP contribution is -2.29. The van der Waals surface area contributed by atoms with Crippen LogP contribution in [0.4, 0.5) is 5.95 Å². The van der Waals surface area contributed by atoms with Crippen LogP contribution in [-0.4, -0.2) is 37.0 Å². The van der Waals surface area contributed by atoms with Gasteiger partial charge in [-0.15, -0.1) is 0 Å². The number of aromatic nitrogens is 4. The molecule has 0 bridgehead atoms. The Morgan fingerprint density at radius 2 is 2.23 bits per heavy atom. The van der Waals surface area contributed by atoms with Crippen LogP contribution in [0.2, 0.25) is 10.0 Å². The van der Waals surface area contributed by atoms with Crippen LogP contribution < -0.4 is 10.9 Å². The van der Waals surface area contributed by atoms with Crippen LogP contribution in [-0.2, 0) is 6.54 Å². The molecule has 2 aromatic rings. The molecular formula is C13H15Cl2N5O2. The van der Waals surface area contributed by atoms with Gasteiger partial charge in [-0.2, -0.15) is 5.10 Å². The summed E-state index contributed by atoms with van der Waals surface area (Å²) in [5.41, 5.74) is -0.408. The van der Waals surface area contributed by atoms with Gasteiger partial charge in [-0.3, -0.25) is 14.5 Å². The van der Waals surface area contributed by atoms with Gasteiger partial charge >= 0.3 is 0 Å². The van der Waals surface area contributed by atoms with Gasteiger partial charge in [0.1, 0.15) is 5.02 Å². The number of aliphatic hydroxyl groups is 1. The Labute approximate surface area is 136 Å². The maximum absolute atomic E-state index is 11.4. The third kappa shape index (κ3) is 3.43. The van der Waals surface area contributed by atoms with E-state index in [2.05, 4.69) is 20.4 Å². The van der Waals surface area contributed by atoms with Crippen LogP contribution in [0.25, 0.3) is 0 Å². The van der Waals surface area contributed by atoms with Crippen molar-refractivity contribution in [3.63, 3.8) is 0 Å². The summed E-state index contributed by atoms with van der Waals surface area (Å²) < 4.78 is 1.77. The molecule has 2 heterocycles. The molecular weight excluding hydrogens is 329 g/mol. The van der Waals surface area contributed by atoms with Crippen LogP contribution in [0.3, 0.4) is 0 Å². The van der Waals surface area contributed by atoms with Crippen LogP contribution >= 0.6 is 23.2 Å². The molecule has 1 fully saturated rings. The number of aliphatic hydroxyl groups excluding tert-OH is 1. The number of aromatic amines is 1. The lowest BCUT2D eigenvalue weighted by molar-refractivity contribution is 0.165. The van der Waals surface area contributed by atoms with Crippen molar-refractivity contribution in [2.75, 3.05) is 5.32 Å². The molecule has 118 valence electrons. The highest BCUT2D eigenvalue weighted by Crippen LogP contribution is 2.29. The first kappa shape index (κ1) is 15.3. The van der Waals surface area contributed by atoms with Crippen molar-refractivity contribution >= 4 is 29.2 Å². The quantitative estimate of drug-likeness (QED) is 0.782. The average molecular weight is 344 g/mol. The molecule has 1 saturated carbocycles. The summed E-state index contributed by atoms with van der Waals surface area (Å²) in [7, 11) is 0. The Hall–Kier alpha value is -1.57. The zero-order chi connectivity index (χ0) is 15.7. The second-order valence-electron chi connectivity index (χ2n) is 5.45. The minimum atomic E-state index is -0.517. The van der Waals surface area contributed by atoms with E-state index in [-0.39, 0.29) is 17.0 Å². The largest absolute Gasteiger partial charge is 0.391 e. The van der Waals surface area contributed by atoms with Gasteiger partial charge in [-0.1, -0.05) is 23.2 Å². The smallest absolute Gasteiger partial charge is 0.271 e. The normalized spacial score (nSPS) is 24.6. The fourth-order valence-electron chi connectivity index (χ4n) is 2.75. The second kappa shape index (κ2) is 6.28. The number of nitrogens with one attached hydrogen (secondary N) is 2. The number of halogens is 2. The third-order valence-corrected chi connectivity index (χ3v) is 4.22. The molecule has 3 N–H and O–H groups in total. The van der Waals surface area contributed by atoms with Gasteiger partial charge < -0.3 is 10.4 Å². The summed E-state index contributed by atoms with van der Waals surface area (Å²) in [6, 6.07) is -0.180. The molecule has 22 heavy (non-hydrogen) atoms. The third-order valence-electron chi connectivity index (χ3n) is 3.75. The van der Waals surface area contributed by atoms with Crippen molar-refractivity contribution in [1.29, 1.82) is 0 Å². The molecule has 9 heteroatoms. The highest BCUT2D eigenvalue weighted by Gasteiger charge is 2.33. The van der Waals surface area contributed by atoms with E-state index < -0.39 is 11.7 Å². The molecule has 2 aromatic heterocycles. The minimum absolute atomic E-state index is 0.0333. The van der Waals surface area contributed by atoms with Crippen LogP contribution in [0.5, 0.6) is 0 Å². The Morgan fingerprint density at radius 1 is 1.41 bits per heavy atom. The van der Waals surface area contributed by atoms with Crippen LogP contribution in [0.15, 0.2) is 23.4 Å². The zero-order valence-electron chi connectivity index (χ0n) is 11.5. The number of hydrogen-bond acceptors (Lipinski definition) is 5. The summed E-state index contributed by atoms with van der Waals surface area (Å²) >= 11 is 11.5. The molecule has 1 aliphatic carbocycles. The van der Waals surface area contributed by atoms with Crippen LogP contribution in [0.1, 0.15) is 12.8 Å². The fourth-order valence-corrected chi connectivity index (χ4v) is 3.01. The molecule has 0 amide bonds. The SMILES string of the molecule is O=c1[nH]c(N[C@@H]2CC(Cn3cc(Cl)cn3)C[C@H]2O)ncc1Cl. The minimum Gasteiger partial charge on any atom is -0.391 e. The highest BCUT2D eigenvalue weighted by atomic mass is 35.5. The predicted molar refractivity (Wildman–Crippen MR) is 83.2 cm³/mol. The molecule has 0 spiro atoms. The average Bonchev–Trinajstić information content (AvgIpc) is 3.01. The molecule has 3 atom stereocenters. The van der Waals surface area contributed by atoms with Crippen molar-refractivity contribution in [3.8, 4) is 0 Å². The first-order chi connectivity index (χ1) is 10.5. The maximum atomic E-state index is 11.4. The molecule has 0 radical (unpaired) electrons. The standard InChI is InChI=1S/C13H15Cl2N5O2/c14-8-3-17-20(6-8)5-7-1-10(11(21)2-7)18-13-16-4-9(15)12(22)19-13/h3-4,6-7,10-11,21H,1-2,5H2,(H2,16,18,19,22)/t7?,10-,11-/m1/s1. The van der Waals surface area contributed by atoms with Crippen molar-refractivity contribution < 1.29 is 5.11 Å². The predicted octanol–water partition coefficient (Wildman–Crippen LogP) is 1.52. The van der Waals surface area contributed by atoms with Gasteiger partial charge in [-0.05, 0) is 18.8 Å². The van der Waals surface area contributed by atoms with Crippen molar-refractivity contribution in [3.05, 3.63) is 39.0 Å². The number of nitrogens with zero attached hydrogens (tertiary/aromatic N) is 3. The molecule has 3 rings (SSSR count). The number of H-pyrrole nitrogens is 1. The lowest BCUT2D eigenvalue weighted by atomic mass is 10.1. The lowest BCUT2D eigenvalue weighted by Gasteiger charge is -2.16. The Bertz CT molecular complexity index is 716. The van der Waals surface area contributed by atoms with Gasteiger partial charge in [0.25, 0.3) is 5.56 Å². The molecule has 1 aliphatic rings. The molecule has 0 saturated heterocycles. The van der Waals surface area contributed by atoms with Crippen molar-refractivity contribution in [1.82, 2.24) is 19.7 Å². The first-order valence-electron chi connectivity index (χ1n) is 6.88. The van der Waals surface area contributed by atoms with E-state index >= 15 is 0 Å². The van der Waals surface area contributed by atoms with Crippen LogP contribution in [0, 0.1) is 5.92 Å². The van der Waals surface area contributed by atoms with E-state index in [1.165, 1.54) is 6.20 Å². The Morgan fingerprint density at radius 3 is 2.91 bits per heavy atom. The van der Waals surface area contributed by atoms with E-state index in [9.17, 15) is 9.90 Å². The number of hydrogen-bond donors (Lipinski definition) is 3. The van der Waals surface area contributed by atoms with Crippen molar-refractivity contribution in [2.45, 2.75) is 31.5 Å². The second-order valence-corrected chi connectivity index (χ2v) is 6.29. The van der Waals surface area contributed by atoms with Gasteiger partial charge in [0.15, 0.2) is 0 Å². The summed E-state index contributed by atoms with van der Waals surface area (Å²) in [5, 5.41) is 18.0. The van der Waals surface area contributed by atoms with E-state index in [4.69, 9.17) is 23.2 Å². The summed E-state index contributed by atoms with van der Waals surface area (Å²) in [6.07, 6.45) is 5.50. The maximum Gasteiger partial charge on any atom is 0.271 e. The fraction of sp³-hybridized carbons (Fsp3) is 0.462. The van der Waals surface area contributed by atoms with Crippen molar-refractivity contribution in [2.24, 2.45) is 5.92 Å².